The average molecular weight is 352 g/mol. The fourth-order valence-corrected chi connectivity index (χ4v) is 2.65. The van der Waals surface area contributed by atoms with Crippen LogP contribution in [0.25, 0.3) is 0 Å². The van der Waals surface area contributed by atoms with Gasteiger partial charge in [0.2, 0.25) is 0 Å². The minimum absolute atomic E-state index is 0.00978. The van der Waals surface area contributed by atoms with E-state index >= 15 is 0 Å². The zero-order valence-electron chi connectivity index (χ0n) is 14.0. The van der Waals surface area contributed by atoms with E-state index in [0.717, 1.165) is 14.2 Å². The molecule has 2 unspecified atom stereocenters. The Kier molecular flexibility index (Phi) is 5.30. The highest BCUT2D eigenvalue weighted by Gasteiger charge is 2.43. The quantitative estimate of drug-likeness (QED) is 0.562. The SMILES string of the molecule is COC(=O)c1nnc(C(=O)OC)c2c1C(OC(C)=O)CC2OC(C)=O. The topological polar surface area (TPSA) is 131 Å². The van der Waals surface area contributed by atoms with E-state index in [4.69, 9.17) is 9.47 Å². The van der Waals surface area contributed by atoms with E-state index in [-0.39, 0.29) is 28.9 Å². The van der Waals surface area contributed by atoms with Gasteiger partial charge < -0.3 is 18.9 Å². The molecule has 1 aromatic heterocycles. The molecule has 10 nitrogen and oxygen atoms in total. The van der Waals surface area contributed by atoms with Crippen LogP contribution in [0.1, 0.15) is 64.6 Å². The van der Waals surface area contributed by atoms with Gasteiger partial charge in [-0.05, 0) is 0 Å². The first-order chi connectivity index (χ1) is 11.8. The van der Waals surface area contributed by atoms with E-state index < -0.39 is 36.1 Å². The molecule has 10 heteroatoms. The molecule has 0 saturated heterocycles. The van der Waals surface area contributed by atoms with Gasteiger partial charge in [0.1, 0.15) is 12.2 Å². The molecule has 0 fully saturated rings. The van der Waals surface area contributed by atoms with E-state index in [1.807, 2.05) is 0 Å². The Morgan fingerprint density at radius 1 is 0.800 bits per heavy atom. The highest BCUT2D eigenvalue weighted by molar-refractivity contribution is 5.94. The number of fused-ring (bicyclic) bond motifs is 1. The molecular weight excluding hydrogens is 336 g/mol. The number of aromatic nitrogens is 2. The van der Waals surface area contributed by atoms with Crippen LogP contribution in [0, 0.1) is 0 Å². The van der Waals surface area contributed by atoms with Crippen molar-refractivity contribution in [2.45, 2.75) is 32.5 Å². The summed E-state index contributed by atoms with van der Waals surface area (Å²) in [6, 6.07) is 0. The van der Waals surface area contributed by atoms with Gasteiger partial charge >= 0.3 is 23.9 Å². The number of hydrogen-bond donors (Lipinski definition) is 0. The molecule has 1 aromatic rings. The van der Waals surface area contributed by atoms with Gasteiger partial charge in [0.25, 0.3) is 0 Å². The molecule has 2 atom stereocenters. The molecule has 0 bridgehead atoms. The zero-order chi connectivity index (χ0) is 18.7. The van der Waals surface area contributed by atoms with Crippen LogP contribution in [-0.2, 0) is 28.5 Å². The van der Waals surface area contributed by atoms with Crippen molar-refractivity contribution in [3.05, 3.63) is 22.5 Å². The monoisotopic (exact) mass is 352 g/mol. The molecule has 1 heterocycles. The van der Waals surface area contributed by atoms with Gasteiger partial charge in [0.05, 0.1) is 14.2 Å². The second-order valence-electron chi connectivity index (χ2n) is 5.14. The Labute approximate surface area is 142 Å². The fraction of sp³-hybridized carbons (Fsp3) is 0.467. The number of carbonyl (C=O) groups is 4. The lowest BCUT2D eigenvalue weighted by Crippen LogP contribution is -2.19. The summed E-state index contributed by atoms with van der Waals surface area (Å²) in [5.74, 6) is -2.90. The van der Waals surface area contributed by atoms with Gasteiger partial charge in [-0.15, -0.1) is 10.2 Å². The van der Waals surface area contributed by atoms with Crippen LogP contribution in [0.3, 0.4) is 0 Å². The molecule has 0 aliphatic heterocycles. The Bertz CT molecular complexity index is 684. The number of ether oxygens (including phenoxy) is 4. The van der Waals surface area contributed by atoms with Gasteiger partial charge in [-0.2, -0.15) is 0 Å². The lowest BCUT2D eigenvalue weighted by Gasteiger charge is -2.14. The highest BCUT2D eigenvalue weighted by Crippen LogP contribution is 2.45. The molecule has 1 aliphatic rings. The number of hydrogen-bond acceptors (Lipinski definition) is 10. The van der Waals surface area contributed by atoms with Gasteiger partial charge in [-0.25, -0.2) is 9.59 Å². The first-order valence-electron chi connectivity index (χ1n) is 7.21. The maximum Gasteiger partial charge on any atom is 0.359 e. The van der Waals surface area contributed by atoms with Crippen molar-refractivity contribution in [1.82, 2.24) is 10.2 Å². The maximum atomic E-state index is 12.0. The van der Waals surface area contributed by atoms with Crippen molar-refractivity contribution < 1.29 is 38.1 Å². The minimum atomic E-state index is -0.954. The maximum absolute atomic E-state index is 12.0. The van der Waals surface area contributed by atoms with Crippen LogP contribution in [0.2, 0.25) is 0 Å². The molecule has 0 amide bonds. The Morgan fingerprint density at radius 3 is 1.44 bits per heavy atom. The molecule has 0 spiro atoms. The van der Waals surface area contributed by atoms with Crippen molar-refractivity contribution in [2.75, 3.05) is 14.2 Å². The summed E-state index contributed by atoms with van der Waals surface area (Å²) in [6.07, 6.45) is -1.90. The van der Waals surface area contributed by atoms with Crippen LogP contribution >= 0.6 is 0 Å². The molecule has 25 heavy (non-hydrogen) atoms. The molecular formula is C15H16N2O8. The highest BCUT2D eigenvalue weighted by atomic mass is 16.6. The van der Waals surface area contributed by atoms with E-state index in [2.05, 4.69) is 19.7 Å². The third kappa shape index (κ3) is 3.57. The second-order valence-corrected chi connectivity index (χ2v) is 5.14. The summed E-state index contributed by atoms with van der Waals surface area (Å²) >= 11 is 0. The number of rotatable bonds is 4. The normalized spacial score (nSPS) is 18.1. The van der Waals surface area contributed by atoms with Crippen LogP contribution in [0.5, 0.6) is 0 Å². The van der Waals surface area contributed by atoms with Crippen molar-refractivity contribution in [3.8, 4) is 0 Å². The van der Waals surface area contributed by atoms with Crippen molar-refractivity contribution in [1.29, 1.82) is 0 Å². The summed E-state index contributed by atoms with van der Waals surface area (Å²) in [5.41, 5.74) is -0.232. The molecule has 0 saturated carbocycles. The molecule has 0 radical (unpaired) electrons. The minimum Gasteiger partial charge on any atom is -0.464 e. The smallest absolute Gasteiger partial charge is 0.359 e. The second kappa shape index (κ2) is 7.24. The Morgan fingerprint density at radius 2 is 1.16 bits per heavy atom. The zero-order valence-corrected chi connectivity index (χ0v) is 14.0. The summed E-state index contributed by atoms with van der Waals surface area (Å²) in [7, 11) is 2.29. The van der Waals surface area contributed by atoms with E-state index in [0.29, 0.717) is 0 Å². The van der Waals surface area contributed by atoms with Gasteiger partial charge in [-0.1, -0.05) is 0 Å². The summed E-state index contributed by atoms with van der Waals surface area (Å²) in [4.78, 5) is 46.8. The molecule has 1 aliphatic carbocycles. The van der Waals surface area contributed by atoms with E-state index in [1.165, 1.54) is 13.8 Å². The van der Waals surface area contributed by atoms with Crippen LogP contribution in [0.15, 0.2) is 0 Å². The first kappa shape index (κ1) is 18.3. The molecule has 2 rings (SSSR count). The van der Waals surface area contributed by atoms with Crippen molar-refractivity contribution in [3.63, 3.8) is 0 Å². The van der Waals surface area contributed by atoms with Crippen molar-refractivity contribution >= 4 is 23.9 Å². The van der Waals surface area contributed by atoms with E-state index in [9.17, 15) is 19.2 Å². The molecule has 0 N–H and O–H groups in total. The van der Waals surface area contributed by atoms with E-state index in [1.54, 1.807) is 0 Å². The predicted octanol–water partition coefficient (Wildman–Crippen LogP) is 0.662. The Hall–Kier alpha value is -3.04. The average Bonchev–Trinajstić information content (AvgIpc) is 2.89. The van der Waals surface area contributed by atoms with Crippen molar-refractivity contribution in [2.24, 2.45) is 0 Å². The standard InChI is InChI=1S/C15H16N2O8/c1-6(18)24-8-5-9(25-7(2)19)11-10(8)12(14(20)22-3)16-17-13(11)15(21)23-4/h8-9H,5H2,1-4H3. The third-order valence-electron chi connectivity index (χ3n) is 3.50. The lowest BCUT2D eigenvalue weighted by atomic mass is 10.1. The number of carbonyl (C=O) groups excluding carboxylic acids is 4. The number of methoxy groups -OCH3 is 2. The third-order valence-corrected chi connectivity index (χ3v) is 3.50. The fourth-order valence-electron chi connectivity index (χ4n) is 2.65. The largest absolute Gasteiger partial charge is 0.464 e. The van der Waals surface area contributed by atoms with Crippen LogP contribution < -0.4 is 0 Å². The summed E-state index contributed by atoms with van der Waals surface area (Å²) in [5, 5.41) is 7.41. The number of esters is 4. The molecule has 0 aromatic carbocycles. The predicted molar refractivity (Wildman–Crippen MR) is 78.3 cm³/mol. The van der Waals surface area contributed by atoms with Crippen LogP contribution in [0.4, 0.5) is 0 Å². The first-order valence-corrected chi connectivity index (χ1v) is 7.21. The number of nitrogens with zero attached hydrogens (tertiary/aromatic N) is 2. The van der Waals surface area contributed by atoms with Gasteiger partial charge in [-0.3, -0.25) is 9.59 Å². The molecule has 134 valence electrons. The summed E-state index contributed by atoms with van der Waals surface area (Å²) in [6.45, 7) is 2.37. The lowest BCUT2D eigenvalue weighted by molar-refractivity contribution is -0.151. The van der Waals surface area contributed by atoms with Gasteiger partial charge in [0.15, 0.2) is 11.4 Å². The van der Waals surface area contributed by atoms with Crippen LogP contribution in [-0.4, -0.2) is 48.3 Å². The van der Waals surface area contributed by atoms with Gasteiger partial charge in [0, 0.05) is 31.4 Å². The summed E-state index contributed by atoms with van der Waals surface area (Å²) < 4.78 is 19.7. The Balaban J connectivity index is 2.70.